The number of carbonyl (C=O) groups excluding carboxylic acids is 1. The number of esters is 1. The monoisotopic (exact) mass is 391 g/mol. The zero-order valence-corrected chi connectivity index (χ0v) is 15.6. The number of fused-ring (bicyclic) bond motifs is 1. The Hall–Kier alpha value is -2.77. The van der Waals surface area contributed by atoms with Crippen LogP contribution in [0.25, 0.3) is 10.9 Å². The van der Waals surface area contributed by atoms with Gasteiger partial charge in [0.15, 0.2) is 0 Å². The molecule has 4 rings (SSSR count). The summed E-state index contributed by atoms with van der Waals surface area (Å²) >= 11 is 0. The van der Waals surface area contributed by atoms with Gasteiger partial charge in [0, 0.05) is 22.6 Å². The van der Waals surface area contributed by atoms with Crippen LogP contribution in [-0.4, -0.2) is 26.9 Å². The third-order valence-electron chi connectivity index (χ3n) is 4.85. The van der Waals surface area contributed by atoms with Crippen molar-refractivity contribution in [3.63, 3.8) is 0 Å². The molecule has 3 aromatic rings. The van der Waals surface area contributed by atoms with Gasteiger partial charge in [-0.15, -0.1) is 0 Å². The van der Waals surface area contributed by atoms with Gasteiger partial charge >= 0.3 is 12.1 Å². The Balaban J connectivity index is 1.77. The smallest absolute Gasteiger partial charge is 0.433 e. The number of nitrogens with zero attached hydrogens (tertiary/aromatic N) is 3. The lowest BCUT2D eigenvalue weighted by molar-refractivity contribution is -0.144. The molecule has 1 aliphatic carbocycles. The second kappa shape index (κ2) is 6.68. The number of aromatic nitrogens is 3. The molecule has 0 radical (unpaired) electrons. The number of benzene rings is 1. The number of rotatable bonds is 5. The van der Waals surface area contributed by atoms with E-state index in [0.717, 1.165) is 40.2 Å². The zero-order valence-electron chi connectivity index (χ0n) is 15.6. The predicted molar refractivity (Wildman–Crippen MR) is 97.2 cm³/mol. The van der Waals surface area contributed by atoms with Gasteiger partial charge in [-0.05, 0) is 57.0 Å². The average Bonchev–Trinajstić information content (AvgIpc) is 3.28. The van der Waals surface area contributed by atoms with Crippen LogP contribution < -0.4 is 0 Å². The molecule has 1 aliphatic rings. The maximum absolute atomic E-state index is 13.3. The first kappa shape index (κ1) is 18.6. The fourth-order valence-corrected chi connectivity index (χ4v) is 3.57. The Morgan fingerprint density at radius 1 is 1.25 bits per heavy atom. The Bertz CT molecular complexity index is 1050. The molecule has 8 heteroatoms. The summed E-state index contributed by atoms with van der Waals surface area (Å²) in [7, 11) is 0. The highest BCUT2D eigenvalue weighted by Gasteiger charge is 2.36. The minimum Gasteiger partial charge on any atom is -0.462 e. The van der Waals surface area contributed by atoms with Crippen molar-refractivity contribution in [3.8, 4) is 0 Å². The fraction of sp³-hybridized carbons (Fsp3) is 0.400. The zero-order chi connectivity index (χ0) is 20.1. The first-order valence-corrected chi connectivity index (χ1v) is 9.20. The van der Waals surface area contributed by atoms with Crippen LogP contribution in [0.2, 0.25) is 0 Å². The van der Waals surface area contributed by atoms with E-state index >= 15 is 0 Å². The highest BCUT2D eigenvalue weighted by Crippen LogP contribution is 2.40. The molecule has 1 aromatic carbocycles. The first-order chi connectivity index (χ1) is 13.3. The summed E-state index contributed by atoms with van der Waals surface area (Å²) in [5.41, 5.74) is 1.64. The van der Waals surface area contributed by atoms with Gasteiger partial charge in [-0.2, -0.15) is 18.3 Å². The average molecular weight is 391 g/mol. The van der Waals surface area contributed by atoms with E-state index in [1.807, 2.05) is 12.1 Å². The maximum atomic E-state index is 13.3. The Morgan fingerprint density at radius 3 is 2.64 bits per heavy atom. The molecule has 2 aromatic heterocycles. The van der Waals surface area contributed by atoms with Crippen molar-refractivity contribution < 1.29 is 22.7 Å². The van der Waals surface area contributed by atoms with Crippen LogP contribution >= 0.6 is 0 Å². The summed E-state index contributed by atoms with van der Waals surface area (Å²) in [5.74, 6) is -0.410. The van der Waals surface area contributed by atoms with Crippen molar-refractivity contribution in [2.45, 2.75) is 45.5 Å². The molecule has 1 fully saturated rings. The van der Waals surface area contributed by atoms with E-state index in [1.54, 1.807) is 26.0 Å². The van der Waals surface area contributed by atoms with Gasteiger partial charge in [0.2, 0.25) is 0 Å². The van der Waals surface area contributed by atoms with Crippen LogP contribution in [0.1, 0.15) is 53.2 Å². The first-order valence-electron chi connectivity index (χ1n) is 9.20. The largest absolute Gasteiger partial charge is 0.462 e. The van der Waals surface area contributed by atoms with E-state index in [1.165, 1.54) is 0 Å². The summed E-state index contributed by atoms with van der Waals surface area (Å²) in [6.07, 6.45) is -2.49. The number of aryl methyl sites for hydroxylation is 1. The van der Waals surface area contributed by atoms with Crippen molar-refractivity contribution in [1.82, 2.24) is 14.3 Å². The van der Waals surface area contributed by atoms with E-state index in [2.05, 4.69) is 9.67 Å². The molecule has 0 spiro atoms. The van der Waals surface area contributed by atoms with Crippen LogP contribution in [0, 0.1) is 6.92 Å². The number of carbonyl (C=O) groups is 1. The van der Waals surface area contributed by atoms with Gasteiger partial charge < -0.3 is 9.30 Å². The third-order valence-corrected chi connectivity index (χ3v) is 4.85. The molecule has 148 valence electrons. The van der Waals surface area contributed by atoms with Crippen molar-refractivity contribution in [1.29, 1.82) is 0 Å². The van der Waals surface area contributed by atoms with Crippen molar-refractivity contribution in [2.24, 2.45) is 0 Å². The summed E-state index contributed by atoms with van der Waals surface area (Å²) in [4.78, 5) is 12.0. The third kappa shape index (κ3) is 3.39. The lowest BCUT2D eigenvalue weighted by Crippen LogP contribution is -2.16. The van der Waals surface area contributed by atoms with Gasteiger partial charge in [0.05, 0.1) is 24.4 Å². The highest BCUT2D eigenvalue weighted by molar-refractivity contribution is 5.95. The van der Waals surface area contributed by atoms with Gasteiger partial charge in [-0.3, -0.25) is 4.68 Å². The Kier molecular flexibility index (Phi) is 4.44. The Morgan fingerprint density at radius 2 is 2.00 bits per heavy atom. The van der Waals surface area contributed by atoms with E-state index in [9.17, 15) is 18.0 Å². The van der Waals surface area contributed by atoms with Gasteiger partial charge in [0.1, 0.15) is 5.69 Å². The molecule has 0 N–H and O–H groups in total. The Labute approximate surface area is 159 Å². The van der Waals surface area contributed by atoms with Crippen molar-refractivity contribution in [2.75, 3.05) is 6.61 Å². The number of hydrogen-bond donors (Lipinski definition) is 0. The summed E-state index contributed by atoms with van der Waals surface area (Å²) in [5, 5.41) is 4.85. The lowest BCUT2D eigenvalue weighted by atomic mass is 10.1. The standard InChI is InChI=1S/C20H20F3N3O2/c1-3-28-19(27)13-4-7-17-14(9-13)10-16(26(17)15-5-6-15)11-25-18(20(21,22)23)8-12(2)24-25/h4,7-10,15H,3,5-6,11H2,1-2H3. The molecular formula is C20H20F3N3O2. The highest BCUT2D eigenvalue weighted by atomic mass is 19.4. The van der Waals surface area contributed by atoms with E-state index in [-0.39, 0.29) is 19.2 Å². The van der Waals surface area contributed by atoms with Gasteiger partial charge in [0.25, 0.3) is 0 Å². The van der Waals surface area contributed by atoms with E-state index in [4.69, 9.17) is 4.74 Å². The second-order valence-electron chi connectivity index (χ2n) is 7.06. The van der Waals surface area contributed by atoms with Crippen molar-refractivity contribution in [3.05, 3.63) is 53.0 Å². The molecule has 0 unspecified atom stereocenters. The second-order valence-corrected chi connectivity index (χ2v) is 7.06. The SMILES string of the molecule is CCOC(=O)c1ccc2c(c1)cc(Cn1nc(C)cc1C(F)(F)F)n2C1CC1. The molecule has 0 saturated heterocycles. The number of hydrogen-bond acceptors (Lipinski definition) is 3. The minimum atomic E-state index is -4.46. The van der Waals surface area contributed by atoms with E-state index < -0.39 is 17.8 Å². The topological polar surface area (TPSA) is 49.1 Å². The van der Waals surface area contributed by atoms with Crippen LogP contribution in [0.3, 0.4) is 0 Å². The normalized spacial score (nSPS) is 14.6. The molecule has 2 heterocycles. The predicted octanol–water partition coefficient (Wildman–Crippen LogP) is 4.72. The van der Waals surface area contributed by atoms with Crippen LogP contribution in [0.4, 0.5) is 13.2 Å². The number of halogens is 3. The number of ether oxygens (including phenoxy) is 1. The molecule has 0 amide bonds. The fourth-order valence-electron chi connectivity index (χ4n) is 3.57. The summed E-state index contributed by atoms with van der Waals surface area (Å²) in [6.45, 7) is 3.59. The molecule has 0 atom stereocenters. The van der Waals surface area contributed by atoms with Crippen LogP contribution in [0.5, 0.6) is 0 Å². The van der Waals surface area contributed by atoms with Crippen LogP contribution in [-0.2, 0) is 17.5 Å². The minimum absolute atomic E-state index is 0.0165. The molecule has 28 heavy (non-hydrogen) atoms. The molecule has 0 bridgehead atoms. The molecular weight excluding hydrogens is 371 g/mol. The summed E-state index contributed by atoms with van der Waals surface area (Å²) < 4.78 is 48.1. The number of alkyl halides is 3. The maximum Gasteiger partial charge on any atom is 0.433 e. The quantitative estimate of drug-likeness (QED) is 0.591. The van der Waals surface area contributed by atoms with Crippen molar-refractivity contribution >= 4 is 16.9 Å². The molecule has 1 saturated carbocycles. The van der Waals surface area contributed by atoms with Crippen LogP contribution in [0.15, 0.2) is 30.3 Å². The van der Waals surface area contributed by atoms with E-state index in [0.29, 0.717) is 11.3 Å². The molecule has 0 aliphatic heterocycles. The van der Waals surface area contributed by atoms with Gasteiger partial charge in [-0.25, -0.2) is 4.79 Å². The molecule has 5 nitrogen and oxygen atoms in total. The lowest BCUT2D eigenvalue weighted by Gasteiger charge is -2.13. The van der Waals surface area contributed by atoms with Gasteiger partial charge in [-0.1, -0.05) is 0 Å². The summed E-state index contributed by atoms with van der Waals surface area (Å²) in [6, 6.07) is 8.43.